The van der Waals surface area contributed by atoms with Gasteiger partial charge in [0.05, 0.1) is 6.61 Å². The van der Waals surface area contributed by atoms with Crippen molar-refractivity contribution in [3.63, 3.8) is 0 Å². The van der Waals surface area contributed by atoms with Crippen LogP contribution in [0.4, 0.5) is 0 Å². The molecule has 0 aliphatic carbocycles. The molecule has 0 saturated heterocycles. The first kappa shape index (κ1) is 14.2. The highest BCUT2D eigenvalue weighted by Gasteiger charge is 2.15. The standard InChI is InChI=1S/C16H18N2O2/c1-12-7-9-14(10-8-12)15(17)16(19)18-20-11-13-5-3-2-4-6-13/h2-10,15H,11,17H2,1H3,(H,18,19). The predicted octanol–water partition coefficient (Wildman–Crippen LogP) is 2.24. The van der Waals surface area contributed by atoms with Gasteiger partial charge in [-0.2, -0.15) is 0 Å². The monoisotopic (exact) mass is 270 g/mol. The lowest BCUT2D eigenvalue weighted by Gasteiger charge is -2.12. The van der Waals surface area contributed by atoms with E-state index in [0.29, 0.717) is 6.61 Å². The van der Waals surface area contributed by atoms with Gasteiger partial charge in [0.25, 0.3) is 5.91 Å². The molecule has 0 saturated carbocycles. The SMILES string of the molecule is Cc1ccc(C(N)C(=O)NOCc2ccccc2)cc1. The number of amides is 1. The summed E-state index contributed by atoms with van der Waals surface area (Å²) in [5.41, 5.74) is 11.1. The average Bonchev–Trinajstić information content (AvgIpc) is 2.48. The van der Waals surface area contributed by atoms with Gasteiger partial charge in [-0.05, 0) is 18.1 Å². The summed E-state index contributed by atoms with van der Waals surface area (Å²) in [5.74, 6) is -0.357. The number of carbonyl (C=O) groups is 1. The highest BCUT2D eigenvalue weighted by molar-refractivity contribution is 5.81. The summed E-state index contributed by atoms with van der Waals surface area (Å²) >= 11 is 0. The van der Waals surface area contributed by atoms with Gasteiger partial charge in [-0.1, -0.05) is 60.2 Å². The molecule has 4 heteroatoms. The van der Waals surface area contributed by atoms with Crippen molar-refractivity contribution >= 4 is 5.91 Å². The zero-order chi connectivity index (χ0) is 14.4. The van der Waals surface area contributed by atoms with Crippen LogP contribution in [0, 0.1) is 6.92 Å². The highest BCUT2D eigenvalue weighted by Crippen LogP contribution is 2.11. The molecule has 1 unspecified atom stereocenters. The molecule has 2 aromatic carbocycles. The maximum Gasteiger partial charge on any atom is 0.265 e. The summed E-state index contributed by atoms with van der Waals surface area (Å²) in [5, 5.41) is 0. The third-order valence-electron chi connectivity index (χ3n) is 2.97. The molecule has 104 valence electrons. The summed E-state index contributed by atoms with van der Waals surface area (Å²) < 4.78 is 0. The molecular formula is C16H18N2O2. The summed E-state index contributed by atoms with van der Waals surface area (Å²) in [4.78, 5) is 17.0. The number of nitrogens with two attached hydrogens (primary N) is 1. The number of rotatable bonds is 5. The first-order valence-corrected chi connectivity index (χ1v) is 6.44. The maximum atomic E-state index is 11.9. The second kappa shape index (κ2) is 6.84. The van der Waals surface area contributed by atoms with Crippen LogP contribution in [-0.2, 0) is 16.2 Å². The van der Waals surface area contributed by atoms with Crippen LogP contribution >= 0.6 is 0 Å². The third kappa shape index (κ3) is 3.91. The fourth-order valence-electron chi connectivity index (χ4n) is 1.75. The van der Waals surface area contributed by atoms with Crippen molar-refractivity contribution in [3.8, 4) is 0 Å². The largest absolute Gasteiger partial charge is 0.316 e. The fourth-order valence-corrected chi connectivity index (χ4v) is 1.75. The van der Waals surface area contributed by atoms with Crippen molar-refractivity contribution in [3.05, 3.63) is 71.3 Å². The van der Waals surface area contributed by atoms with E-state index < -0.39 is 6.04 Å². The minimum absolute atomic E-state index is 0.313. The molecule has 1 amide bonds. The van der Waals surface area contributed by atoms with Crippen LogP contribution < -0.4 is 11.2 Å². The van der Waals surface area contributed by atoms with Gasteiger partial charge in [0.15, 0.2) is 0 Å². The number of hydrogen-bond donors (Lipinski definition) is 2. The van der Waals surface area contributed by atoms with Crippen LogP contribution in [0.3, 0.4) is 0 Å². The van der Waals surface area contributed by atoms with Crippen molar-refractivity contribution in [2.24, 2.45) is 5.73 Å². The van der Waals surface area contributed by atoms with E-state index in [1.807, 2.05) is 61.5 Å². The number of hydrogen-bond acceptors (Lipinski definition) is 3. The van der Waals surface area contributed by atoms with Crippen molar-refractivity contribution in [2.75, 3.05) is 0 Å². The summed E-state index contributed by atoms with van der Waals surface area (Å²) in [6.07, 6.45) is 0. The van der Waals surface area contributed by atoms with E-state index in [9.17, 15) is 4.79 Å². The summed E-state index contributed by atoms with van der Waals surface area (Å²) in [6, 6.07) is 16.4. The molecule has 2 aromatic rings. The van der Waals surface area contributed by atoms with Crippen LogP contribution in [0.15, 0.2) is 54.6 Å². The van der Waals surface area contributed by atoms with E-state index in [1.165, 1.54) is 0 Å². The van der Waals surface area contributed by atoms with E-state index in [-0.39, 0.29) is 5.91 Å². The van der Waals surface area contributed by atoms with Gasteiger partial charge in [-0.25, -0.2) is 5.48 Å². The molecule has 4 nitrogen and oxygen atoms in total. The number of nitrogens with one attached hydrogen (secondary N) is 1. The summed E-state index contributed by atoms with van der Waals surface area (Å²) in [6.45, 7) is 2.30. The first-order chi connectivity index (χ1) is 9.66. The second-order valence-electron chi connectivity index (χ2n) is 4.63. The van der Waals surface area contributed by atoms with Gasteiger partial charge in [-0.15, -0.1) is 0 Å². The van der Waals surface area contributed by atoms with Gasteiger partial charge < -0.3 is 5.73 Å². The Balaban J connectivity index is 1.84. The molecule has 0 bridgehead atoms. The van der Waals surface area contributed by atoms with Gasteiger partial charge in [-0.3, -0.25) is 9.63 Å². The van der Waals surface area contributed by atoms with Gasteiger partial charge in [0.2, 0.25) is 0 Å². The Labute approximate surface area is 118 Å². The van der Waals surface area contributed by atoms with Crippen LogP contribution in [0.5, 0.6) is 0 Å². The van der Waals surface area contributed by atoms with Crippen LogP contribution in [-0.4, -0.2) is 5.91 Å². The molecule has 0 aliphatic heterocycles. The van der Waals surface area contributed by atoms with Crippen LogP contribution in [0.25, 0.3) is 0 Å². The fraction of sp³-hybridized carbons (Fsp3) is 0.188. The molecule has 0 radical (unpaired) electrons. The van der Waals surface area contributed by atoms with E-state index in [0.717, 1.165) is 16.7 Å². The Bertz CT molecular complexity index is 552. The Hall–Kier alpha value is -2.17. The molecule has 0 aromatic heterocycles. The van der Waals surface area contributed by atoms with Crippen LogP contribution in [0.1, 0.15) is 22.7 Å². The Kier molecular flexibility index (Phi) is 4.87. The van der Waals surface area contributed by atoms with Crippen molar-refractivity contribution in [2.45, 2.75) is 19.6 Å². The van der Waals surface area contributed by atoms with Gasteiger partial charge in [0, 0.05) is 0 Å². The van der Waals surface area contributed by atoms with Crippen LogP contribution in [0.2, 0.25) is 0 Å². The van der Waals surface area contributed by atoms with E-state index in [4.69, 9.17) is 10.6 Å². The van der Waals surface area contributed by atoms with Gasteiger partial charge >= 0.3 is 0 Å². The average molecular weight is 270 g/mol. The summed E-state index contributed by atoms with van der Waals surface area (Å²) in [7, 11) is 0. The number of hydroxylamine groups is 1. The minimum Gasteiger partial charge on any atom is -0.316 e. The van der Waals surface area contributed by atoms with Crippen molar-refractivity contribution in [1.29, 1.82) is 0 Å². The molecular weight excluding hydrogens is 252 g/mol. The minimum atomic E-state index is -0.730. The molecule has 2 rings (SSSR count). The molecule has 20 heavy (non-hydrogen) atoms. The first-order valence-electron chi connectivity index (χ1n) is 6.44. The smallest absolute Gasteiger partial charge is 0.265 e. The maximum absolute atomic E-state index is 11.9. The Morgan fingerprint density at radius 1 is 1.15 bits per heavy atom. The highest BCUT2D eigenvalue weighted by atomic mass is 16.6. The lowest BCUT2D eigenvalue weighted by molar-refractivity contribution is -0.136. The van der Waals surface area contributed by atoms with Crippen molar-refractivity contribution < 1.29 is 9.63 Å². The molecule has 3 N–H and O–H groups in total. The molecule has 0 aliphatic rings. The second-order valence-corrected chi connectivity index (χ2v) is 4.63. The molecule has 1 atom stereocenters. The van der Waals surface area contributed by atoms with E-state index in [2.05, 4.69) is 5.48 Å². The van der Waals surface area contributed by atoms with Gasteiger partial charge in [0.1, 0.15) is 6.04 Å². The lowest BCUT2D eigenvalue weighted by Crippen LogP contribution is -2.34. The zero-order valence-electron chi connectivity index (χ0n) is 11.4. The topological polar surface area (TPSA) is 64.4 Å². The Morgan fingerprint density at radius 2 is 1.80 bits per heavy atom. The normalized spacial score (nSPS) is 11.9. The third-order valence-corrected chi connectivity index (χ3v) is 2.97. The van der Waals surface area contributed by atoms with E-state index in [1.54, 1.807) is 0 Å². The zero-order valence-corrected chi connectivity index (χ0v) is 11.4. The van der Waals surface area contributed by atoms with E-state index >= 15 is 0 Å². The molecule has 0 heterocycles. The predicted molar refractivity (Wildman–Crippen MR) is 77.5 cm³/mol. The Morgan fingerprint density at radius 3 is 2.45 bits per heavy atom. The van der Waals surface area contributed by atoms with Crippen molar-refractivity contribution in [1.82, 2.24) is 5.48 Å². The molecule has 0 fully saturated rings. The number of carbonyl (C=O) groups excluding carboxylic acids is 1. The quantitative estimate of drug-likeness (QED) is 0.819. The number of benzene rings is 2. The lowest BCUT2D eigenvalue weighted by atomic mass is 10.1. The molecule has 0 spiro atoms. The number of aryl methyl sites for hydroxylation is 1.